The lowest BCUT2D eigenvalue weighted by atomic mass is 10.5. The van der Waals surface area contributed by atoms with Gasteiger partial charge < -0.3 is 10.6 Å². The predicted molar refractivity (Wildman–Crippen MR) is 57.5 cm³/mol. The van der Waals surface area contributed by atoms with Crippen molar-refractivity contribution in [2.24, 2.45) is 0 Å². The molecule has 0 aliphatic rings. The van der Waals surface area contributed by atoms with Gasteiger partial charge in [-0.25, -0.2) is 4.98 Å². The quantitative estimate of drug-likeness (QED) is 0.799. The second-order valence-corrected chi connectivity index (χ2v) is 4.36. The highest BCUT2D eigenvalue weighted by atomic mass is 35.5. The molecule has 78 valence electrons. The van der Waals surface area contributed by atoms with Gasteiger partial charge in [0.25, 0.3) is 0 Å². The molecule has 0 aliphatic carbocycles. The van der Waals surface area contributed by atoms with Crippen molar-refractivity contribution in [2.75, 3.05) is 13.1 Å². The lowest BCUT2D eigenvalue weighted by molar-refractivity contribution is -0.120. The first kappa shape index (κ1) is 11.4. The molecule has 1 heterocycles. The summed E-state index contributed by atoms with van der Waals surface area (Å²) < 4.78 is 0.666. The van der Waals surface area contributed by atoms with E-state index in [1.165, 1.54) is 11.3 Å². The Labute approximate surface area is 91.7 Å². The second kappa shape index (κ2) is 5.95. The van der Waals surface area contributed by atoms with E-state index in [4.69, 9.17) is 11.6 Å². The van der Waals surface area contributed by atoms with Crippen molar-refractivity contribution >= 4 is 28.8 Å². The predicted octanol–water partition coefficient (Wildman–Crippen LogP) is 1.02. The molecule has 1 aromatic rings. The van der Waals surface area contributed by atoms with Crippen LogP contribution in [0.15, 0.2) is 6.20 Å². The minimum Gasteiger partial charge on any atom is -0.355 e. The Morgan fingerprint density at radius 3 is 3.07 bits per heavy atom. The van der Waals surface area contributed by atoms with E-state index in [1.54, 1.807) is 6.20 Å². The van der Waals surface area contributed by atoms with Crippen molar-refractivity contribution in [3.8, 4) is 0 Å². The summed E-state index contributed by atoms with van der Waals surface area (Å²) in [5.74, 6) is -0.00449. The molecule has 14 heavy (non-hydrogen) atoms. The molecular weight excluding hydrogens is 222 g/mol. The molecule has 0 bridgehead atoms. The highest BCUT2D eigenvalue weighted by molar-refractivity contribution is 7.15. The van der Waals surface area contributed by atoms with Gasteiger partial charge >= 0.3 is 0 Å². The van der Waals surface area contributed by atoms with Gasteiger partial charge in [-0.2, -0.15) is 0 Å². The van der Waals surface area contributed by atoms with E-state index in [0.29, 0.717) is 24.0 Å². The number of nitrogens with zero attached hydrogens (tertiary/aromatic N) is 1. The Balaban J connectivity index is 2.18. The summed E-state index contributed by atoms with van der Waals surface area (Å²) in [7, 11) is 0. The number of rotatable bonds is 5. The number of amides is 1. The van der Waals surface area contributed by atoms with E-state index in [0.717, 1.165) is 5.01 Å². The van der Waals surface area contributed by atoms with Crippen molar-refractivity contribution in [2.45, 2.75) is 13.5 Å². The van der Waals surface area contributed by atoms with Crippen molar-refractivity contribution < 1.29 is 4.79 Å². The summed E-state index contributed by atoms with van der Waals surface area (Å²) in [6, 6.07) is 0. The summed E-state index contributed by atoms with van der Waals surface area (Å²) in [6.07, 6.45) is 1.61. The van der Waals surface area contributed by atoms with Gasteiger partial charge in [0.2, 0.25) is 5.91 Å². The van der Waals surface area contributed by atoms with Gasteiger partial charge in [0.15, 0.2) is 0 Å². The monoisotopic (exact) mass is 233 g/mol. The molecule has 1 rings (SSSR count). The molecule has 1 amide bonds. The molecule has 0 aliphatic heterocycles. The third-order valence-electron chi connectivity index (χ3n) is 1.46. The van der Waals surface area contributed by atoms with Gasteiger partial charge in [-0.15, -0.1) is 11.3 Å². The van der Waals surface area contributed by atoms with Crippen LogP contribution >= 0.6 is 22.9 Å². The number of carbonyl (C=O) groups excluding carboxylic acids is 1. The number of halogens is 1. The standard InChI is InChI=1S/C8H12ClN3OS/c1-2-11-7(13)4-10-5-8-12-3-6(9)14-8/h3,10H,2,4-5H2,1H3,(H,11,13). The van der Waals surface area contributed by atoms with Crippen molar-refractivity contribution in [1.82, 2.24) is 15.6 Å². The Bertz CT molecular complexity index is 303. The topological polar surface area (TPSA) is 54.0 Å². The van der Waals surface area contributed by atoms with E-state index in [1.807, 2.05) is 6.92 Å². The van der Waals surface area contributed by atoms with Gasteiger partial charge in [0.1, 0.15) is 9.34 Å². The van der Waals surface area contributed by atoms with Crippen molar-refractivity contribution in [1.29, 1.82) is 0 Å². The summed E-state index contributed by atoms with van der Waals surface area (Å²) in [5.41, 5.74) is 0. The lowest BCUT2D eigenvalue weighted by Gasteiger charge is -2.02. The van der Waals surface area contributed by atoms with Crippen molar-refractivity contribution in [3.63, 3.8) is 0 Å². The number of thiazole rings is 1. The Morgan fingerprint density at radius 1 is 1.71 bits per heavy atom. The van der Waals surface area contributed by atoms with Crippen LogP contribution in [0.2, 0.25) is 4.34 Å². The lowest BCUT2D eigenvalue weighted by Crippen LogP contribution is -2.33. The maximum atomic E-state index is 11.0. The summed E-state index contributed by atoms with van der Waals surface area (Å²) in [6.45, 7) is 3.43. The number of hydrogen-bond acceptors (Lipinski definition) is 4. The van der Waals surface area contributed by atoms with Crippen LogP contribution in [0.4, 0.5) is 0 Å². The maximum Gasteiger partial charge on any atom is 0.233 e. The average molecular weight is 234 g/mol. The largest absolute Gasteiger partial charge is 0.355 e. The van der Waals surface area contributed by atoms with Gasteiger partial charge in [-0.05, 0) is 6.92 Å². The third kappa shape index (κ3) is 4.04. The van der Waals surface area contributed by atoms with Crippen LogP contribution in [0.3, 0.4) is 0 Å². The first-order valence-electron chi connectivity index (χ1n) is 4.30. The van der Waals surface area contributed by atoms with Crippen LogP contribution in [0, 0.1) is 0 Å². The average Bonchev–Trinajstić information content (AvgIpc) is 2.52. The minimum atomic E-state index is -0.00449. The van der Waals surface area contributed by atoms with Crippen LogP contribution in [0.25, 0.3) is 0 Å². The van der Waals surface area contributed by atoms with E-state index in [9.17, 15) is 4.79 Å². The van der Waals surface area contributed by atoms with E-state index in [2.05, 4.69) is 15.6 Å². The second-order valence-electron chi connectivity index (χ2n) is 2.62. The van der Waals surface area contributed by atoms with Gasteiger partial charge in [0.05, 0.1) is 12.7 Å². The molecule has 0 radical (unpaired) electrons. The van der Waals surface area contributed by atoms with Gasteiger partial charge in [0, 0.05) is 13.1 Å². The van der Waals surface area contributed by atoms with Gasteiger partial charge in [-0.3, -0.25) is 4.79 Å². The highest BCUT2D eigenvalue weighted by Gasteiger charge is 2.01. The van der Waals surface area contributed by atoms with Crippen LogP contribution in [-0.4, -0.2) is 24.0 Å². The zero-order chi connectivity index (χ0) is 10.4. The van der Waals surface area contributed by atoms with Crippen LogP contribution in [0.1, 0.15) is 11.9 Å². The molecule has 0 aromatic carbocycles. The molecular formula is C8H12ClN3OS. The maximum absolute atomic E-state index is 11.0. The smallest absolute Gasteiger partial charge is 0.233 e. The van der Waals surface area contributed by atoms with Crippen LogP contribution in [-0.2, 0) is 11.3 Å². The molecule has 6 heteroatoms. The zero-order valence-electron chi connectivity index (χ0n) is 7.84. The Morgan fingerprint density at radius 2 is 2.50 bits per heavy atom. The molecule has 0 atom stereocenters. The number of aromatic nitrogens is 1. The summed E-state index contributed by atoms with van der Waals surface area (Å²) in [4.78, 5) is 15.1. The normalized spacial score (nSPS) is 10.1. The molecule has 2 N–H and O–H groups in total. The zero-order valence-corrected chi connectivity index (χ0v) is 9.41. The molecule has 0 saturated carbocycles. The SMILES string of the molecule is CCNC(=O)CNCc1ncc(Cl)s1. The van der Waals surface area contributed by atoms with Crippen LogP contribution in [0.5, 0.6) is 0 Å². The number of hydrogen-bond donors (Lipinski definition) is 2. The molecule has 0 saturated heterocycles. The first-order chi connectivity index (χ1) is 6.72. The fourth-order valence-corrected chi connectivity index (χ4v) is 1.84. The molecule has 0 unspecified atom stereocenters. The number of likely N-dealkylation sites (N-methyl/N-ethyl adjacent to an activating group) is 1. The summed E-state index contributed by atoms with van der Waals surface area (Å²) >= 11 is 7.11. The summed E-state index contributed by atoms with van der Waals surface area (Å²) in [5, 5.41) is 6.56. The Kier molecular flexibility index (Phi) is 4.86. The van der Waals surface area contributed by atoms with E-state index < -0.39 is 0 Å². The molecule has 0 fully saturated rings. The van der Waals surface area contributed by atoms with E-state index in [-0.39, 0.29) is 5.91 Å². The number of carbonyl (C=O) groups is 1. The Hall–Kier alpha value is -0.650. The van der Waals surface area contributed by atoms with Crippen molar-refractivity contribution in [3.05, 3.63) is 15.5 Å². The molecule has 1 aromatic heterocycles. The number of nitrogens with one attached hydrogen (secondary N) is 2. The fourth-order valence-electron chi connectivity index (χ4n) is 0.912. The minimum absolute atomic E-state index is 0.00449. The third-order valence-corrected chi connectivity index (χ3v) is 2.58. The molecule has 0 spiro atoms. The fraction of sp³-hybridized carbons (Fsp3) is 0.500. The van der Waals surface area contributed by atoms with Crippen LogP contribution < -0.4 is 10.6 Å². The first-order valence-corrected chi connectivity index (χ1v) is 5.49. The van der Waals surface area contributed by atoms with Gasteiger partial charge in [-0.1, -0.05) is 11.6 Å². The van der Waals surface area contributed by atoms with E-state index >= 15 is 0 Å². The highest BCUT2D eigenvalue weighted by Crippen LogP contribution is 2.17. The molecule has 4 nitrogen and oxygen atoms in total.